The van der Waals surface area contributed by atoms with Crippen LogP contribution in [0.25, 0.3) is 0 Å². The van der Waals surface area contributed by atoms with Crippen LogP contribution >= 0.6 is 0 Å². The first-order chi connectivity index (χ1) is 7.60. The first kappa shape index (κ1) is 15.3. The SMILES string of the molecule is COCC(CCO)NC(=O)CCNC(C)C. The summed E-state index contributed by atoms with van der Waals surface area (Å²) in [5.74, 6) is -0.0105. The topological polar surface area (TPSA) is 70.6 Å². The van der Waals surface area contributed by atoms with Gasteiger partial charge in [-0.2, -0.15) is 0 Å². The standard InChI is InChI=1S/C11H24N2O3/c1-9(2)12-6-4-11(15)13-10(5-7-14)8-16-3/h9-10,12,14H,4-8H2,1-3H3,(H,13,15). The van der Waals surface area contributed by atoms with Gasteiger partial charge in [0.2, 0.25) is 5.91 Å². The zero-order chi connectivity index (χ0) is 12.4. The second kappa shape index (κ2) is 9.57. The van der Waals surface area contributed by atoms with Crippen molar-refractivity contribution in [2.45, 2.75) is 38.8 Å². The molecule has 5 nitrogen and oxygen atoms in total. The van der Waals surface area contributed by atoms with Gasteiger partial charge in [-0.1, -0.05) is 13.8 Å². The number of nitrogens with one attached hydrogen (secondary N) is 2. The largest absolute Gasteiger partial charge is 0.396 e. The van der Waals surface area contributed by atoms with Crippen LogP contribution in [0.2, 0.25) is 0 Å². The zero-order valence-electron chi connectivity index (χ0n) is 10.5. The third-order valence-corrected chi connectivity index (χ3v) is 2.12. The molecule has 0 aliphatic heterocycles. The fraction of sp³-hybridized carbons (Fsp3) is 0.909. The van der Waals surface area contributed by atoms with Crippen molar-refractivity contribution in [3.63, 3.8) is 0 Å². The minimum atomic E-state index is -0.0958. The summed E-state index contributed by atoms with van der Waals surface area (Å²) < 4.78 is 4.96. The Kier molecular flexibility index (Phi) is 9.18. The number of carbonyl (C=O) groups excluding carboxylic acids is 1. The van der Waals surface area contributed by atoms with E-state index in [2.05, 4.69) is 10.6 Å². The molecule has 0 aromatic rings. The molecule has 0 radical (unpaired) electrons. The molecule has 0 rings (SSSR count). The van der Waals surface area contributed by atoms with E-state index in [9.17, 15) is 4.79 Å². The third-order valence-electron chi connectivity index (χ3n) is 2.12. The number of aliphatic hydroxyl groups excluding tert-OH is 1. The van der Waals surface area contributed by atoms with Gasteiger partial charge in [0, 0.05) is 32.7 Å². The molecule has 3 N–H and O–H groups in total. The molecule has 1 amide bonds. The van der Waals surface area contributed by atoms with E-state index in [0.29, 0.717) is 32.0 Å². The first-order valence-corrected chi connectivity index (χ1v) is 5.72. The molecule has 1 unspecified atom stereocenters. The van der Waals surface area contributed by atoms with Gasteiger partial charge in [0.1, 0.15) is 0 Å². The molecule has 5 heteroatoms. The molecule has 0 fully saturated rings. The van der Waals surface area contributed by atoms with E-state index in [0.717, 1.165) is 0 Å². The number of amides is 1. The molecule has 0 aromatic carbocycles. The summed E-state index contributed by atoms with van der Waals surface area (Å²) in [4.78, 5) is 11.5. The highest BCUT2D eigenvalue weighted by Crippen LogP contribution is 1.93. The number of ether oxygens (including phenoxy) is 1. The van der Waals surface area contributed by atoms with Gasteiger partial charge in [-0.15, -0.1) is 0 Å². The Hall–Kier alpha value is -0.650. The maximum atomic E-state index is 11.5. The normalized spacial score (nSPS) is 12.8. The van der Waals surface area contributed by atoms with Crippen LogP contribution in [0.4, 0.5) is 0 Å². The van der Waals surface area contributed by atoms with E-state index in [1.54, 1.807) is 7.11 Å². The predicted octanol–water partition coefficient (Wildman–Crippen LogP) is -0.112. The molecule has 0 aliphatic rings. The molecule has 0 saturated heterocycles. The molecule has 16 heavy (non-hydrogen) atoms. The van der Waals surface area contributed by atoms with Crippen molar-refractivity contribution < 1.29 is 14.6 Å². The highest BCUT2D eigenvalue weighted by Gasteiger charge is 2.11. The van der Waals surface area contributed by atoms with Gasteiger partial charge in [-0.25, -0.2) is 0 Å². The van der Waals surface area contributed by atoms with Crippen LogP contribution in [0.1, 0.15) is 26.7 Å². The maximum absolute atomic E-state index is 11.5. The molecule has 0 aromatic heterocycles. The van der Waals surface area contributed by atoms with E-state index in [4.69, 9.17) is 9.84 Å². The van der Waals surface area contributed by atoms with E-state index >= 15 is 0 Å². The van der Waals surface area contributed by atoms with E-state index < -0.39 is 0 Å². The Bertz CT molecular complexity index is 180. The van der Waals surface area contributed by atoms with Crippen LogP contribution in [-0.2, 0) is 9.53 Å². The molecule has 0 heterocycles. The van der Waals surface area contributed by atoms with Gasteiger partial charge in [0.25, 0.3) is 0 Å². The molecule has 0 spiro atoms. The smallest absolute Gasteiger partial charge is 0.221 e. The fourth-order valence-electron chi connectivity index (χ4n) is 1.33. The van der Waals surface area contributed by atoms with Gasteiger partial charge in [0.05, 0.1) is 12.6 Å². The summed E-state index contributed by atoms with van der Waals surface area (Å²) in [5, 5.41) is 14.8. The highest BCUT2D eigenvalue weighted by molar-refractivity contribution is 5.76. The van der Waals surface area contributed by atoms with Gasteiger partial charge >= 0.3 is 0 Å². The van der Waals surface area contributed by atoms with Crippen LogP contribution in [-0.4, -0.2) is 50.0 Å². The van der Waals surface area contributed by atoms with Gasteiger partial charge in [0.15, 0.2) is 0 Å². The van der Waals surface area contributed by atoms with Crippen molar-refractivity contribution in [1.29, 1.82) is 0 Å². The maximum Gasteiger partial charge on any atom is 0.221 e. The monoisotopic (exact) mass is 232 g/mol. The van der Waals surface area contributed by atoms with Crippen LogP contribution < -0.4 is 10.6 Å². The lowest BCUT2D eigenvalue weighted by molar-refractivity contribution is -0.122. The van der Waals surface area contributed by atoms with Crippen molar-refractivity contribution in [2.24, 2.45) is 0 Å². The minimum Gasteiger partial charge on any atom is -0.396 e. The Morgan fingerprint density at radius 3 is 2.62 bits per heavy atom. The average Bonchev–Trinajstić information content (AvgIpc) is 2.17. The lowest BCUT2D eigenvalue weighted by atomic mass is 10.2. The van der Waals surface area contributed by atoms with Crippen molar-refractivity contribution in [3.8, 4) is 0 Å². The number of carbonyl (C=O) groups is 1. The summed E-state index contributed by atoms with van der Waals surface area (Å²) in [6, 6.07) is 0.293. The summed E-state index contributed by atoms with van der Waals surface area (Å²) in [6.07, 6.45) is 0.973. The Balaban J connectivity index is 3.72. The third kappa shape index (κ3) is 8.64. The predicted molar refractivity (Wildman–Crippen MR) is 63.3 cm³/mol. The van der Waals surface area contributed by atoms with Crippen molar-refractivity contribution in [3.05, 3.63) is 0 Å². The minimum absolute atomic E-state index is 0.0105. The molecule has 0 saturated carbocycles. The lowest BCUT2D eigenvalue weighted by Gasteiger charge is -2.17. The summed E-state index contributed by atoms with van der Waals surface area (Å²) >= 11 is 0. The fourth-order valence-corrected chi connectivity index (χ4v) is 1.33. The molecule has 0 bridgehead atoms. The summed E-state index contributed by atoms with van der Waals surface area (Å²) in [7, 11) is 1.58. The van der Waals surface area contributed by atoms with Crippen LogP contribution in [0.15, 0.2) is 0 Å². The molecular weight excluding hydrogens is 208 g/mol. The van der Waals surface area contributed by atoms with E-state index in [1.807, 2.05) is 13.8 Å². The zero-order valence-corrected chi connectivity index (χ0v) is 10.5. The number of hydrogen-bond donors (Lipinski definition) is 3. The second-order valence-corrected chi connectivity index (χ2v) is 4.09. The van der Waals surface area contributed by atoms with Crippen molar-refractivity contribution >= 4 is 5.91 Å². The Labute approximate surface area is 97.6 Å². The number of hydrogen-bond acceptors (Lipinski definition) is 4. The van der Waals surface area contributed by atoms with Crippen LogP contribution in [0.5, 0.6) is 0 Å². The number of rotatable bonds is 9. The van der Waals surface area contributed by atoms with Crippen LogP contribution in [0, 0.1) is 0 Å². The second-order valence-electron chi connectivity index (χ2n) is 4.09. The molecular formula is C11H24N2O3. The van der Waals surface area contributed by atoms with Gasteiger partial charge in [-0.3, -0.25) is 4.79 Å². The molecule has 1 atom stereocenters. The van der Waals surface area contributed by atoms with Crippen molar-refractivity contribution in [1.82, 2.24) is 10.6 Å². The number of aliphatic hydroxyl groups is 1. The summed E-state index contributed by atoms with van der Waals surface area (Å²) in [6.45, 7) is 5.24. The quantitative estimate of drug-likeness (QED) is 0.519. The van der Waals surface area contributed by atoms with E-state index in [-0.39, 0.29) is 18.6 Å². The molecule has 96 valence electrons. The Morgan fingerprint density at radius 1 is 1.44 bits per heavy atom. The van der Waals surface area contributed by atoms with E-state index in [1.165, 1.54) is 0 Å². The number of methoxy groups -OCH3 is 1. The van der Waals surface area contributed by atoms with Crippen LogP contribution in [0.3, 0.4) is 0 Å². The average molecular weight is 232 g/mol. The highest BCUT2D eigenvalue weighted by atomic mass is 16.5. The summed E-state index contributed by atoms with van der Waals surface area (Å²) in [5.41, 5.74) is 0. The Morgan fingerprint density at radius 2 is 2.12 bits per heavy atom. The van der Waals surface area contributed by atoms with Gasteiger partial charge < -0.3 is 20.5 Å². The first-order valence-electron chi connectivity index (χ1n) is 5.72. The van der Waals surface area contributed by atoms with Gasteiger partial charge in [-0.05, 0) is 6.42 Å². The lowest BCUT2D eigenvalue weighted by Crippen LogP contribution is -2.40. The molecule has 0 aliphatic carbocycles. The van der Waals surface area contributed by atoms with Crippen molar-refractivity contribution in [2.75, 3.05) is 26.9 Å².